The van der Waals surface area contributed by atoms with Gasteiger partial charge in [0.25, 0.3) is 6.43 Å². The van der Waals surface area contributed by atoms with Gasteiger partial charge in [-0.15, -0.1) is 0 Å². The Labute approximate surface area is 103 Å². The summed E-state index contributed by atoms with van der Waals surface area (Å²) in [5.74, 6) is -0.913. The van der Waals surface area contributed by atoms with E-state index in [0.29, 0.717) is 26.2 Å². The van der Waals surface area contributed by atoms with Crippen molar-refractivity contribution in [1.82, 2.24) is 10.2 Å². The highest BCUT2D eigenvalue weighted by Crippen LogP contribution is 2.33. The molecule has 1 aliphatic heterocycles. The van der Waals surface area contributed by atoms with Gasteiger partial charge in [-0.3, -0.25) is 4.90 Å². The number of benzene rings is 1. The van der Waals surface area contributed by atoms with E-state index in [4.69, 9.17) is 0 Å². The van der Waals surface area contributed by atoms with Gasteiger partial charge >= 0.3 is 0 Å². The average molecular weight is 260 g/mol. The molecule has 1 aromatic rings. The maximum Gasteiger partial charge on any atom is 0.258 e. The maximum absolute atomic E-state index is 13.2. The highest BCUT2D eigenvalue weighted by atomic mass is 19.3. The van der Waals surface area contributed by atoms with Crippen molar-refractivity contribution >= 4 is 0 Å². The number of halogens is 3. The molecule has 0 unspecified atom stereocenters. The summed E-state index contributed by atoms with van der Waals surface area (Å²) in [6.07, 6.45) is -2.67. The molecule has 6 heteroatoms. The van der Waals surface area contributed by atoms with E-state index in [-0.39, 0.29) is 11.3 Å². The summed E-state index contributed by atoms with van der Waals surface area (Å²) in [6.45, 7) is 2.12. The maximum atomic E-state index is 13.2. The monoisotopic (exact) mass is 260 g/mol. The lowest BCUT2D eigenvalue weighted by molar-refractivity contribution is 0.0169. The van der Waals surface area contributed by atoms with E-state index in [1.54, 1.807) is 4.90 Å². The highest BCUT2D eigenvalue weighted by molar-refractivity contribution is 5.35. The number of aromatic hydroxyl groups is 1. The fourth-order valence-electron chi connectivity index (χ4n) is 2.21. The molecule has 2 N–H and O–H groups in total. The first-order valence-electron chi connectivity index (χ1n) is 5.81. The molecule has 1 saturated heterocycles. The summed E-state index contributed by atoms with van der Waals surface area (Å²) >= 11 is 0. The smallest absolute Gasteiger partial charge is 0.258 e. The van der Waals surface area contributed by atoms with Gasteiger partial charge in [-0.05, 0) is 18.2 Å². The number of phenolic OH excluding ortho intramolecular Hbond substituents is 1. The Morgan fingerprint density at radius 2 is 1.89 bits per heavy atom. The molecule has 1 aromatic carbocycles. The molecule has 1 fully saturated rings. The Morgan fingerprint density at radius 1 is 1.22 bits per heavy atom. The lowest BCUT2D eigenvalue weighted by Gasteiger charge is -2.34. The number of rotatable bonds is 3. The zero-order valence-corrected chi connectivity index (χ0v) is 9.74. The summed E-state index contributed by atoms with van der Waals surface area (Å²) in [6, 6.07) is 1.89. The number of piperazine rings is 1. The number of nitrogens with zero attached hydrogens (tertiary/aromatic N) is 1. The van der Waals surface area contributed by atoms with Gasteiger partial charge in [-0.1, -0.05) is 0 Å². The van der Waals surface area contributed by atoms with Gasteiger partial charge in [-0.25, -0.2) is 13.2 Å². The first-order chi connectivity index (χ1) is 8.59. The molecule has 3 nitrogen and oxygen atoms in total. The molecule has 0 radical (unpaired) electrons. The van der Waals surface area contributed by atoms with E-state index in [1.165, 1.54) is 0 Å². The SMILES string of the molecule is Oc1ccc(F)cc1[C@H](C(F)F)N1CCNCC1. The van der Waals surface area contributed by atoms with Crippen molar-refractivity contribution in [2.45, 2.75) is 12.5 Å². The third kappa shape index (κ3) is 2.76. The Bertz CT molecular complexity index is 408. The Morgan fingerprint density at radius 3 is 2.50 bits per heavy atom. The van der Waals surface area contributed by atoms with Crippen LogP contribution in [0.15, 0.2) is 18.2 Å². The highest BCUT2D eigenvalue weighted by Gasteiger charge is 2.32. The molecule has 0 aromatic heterocycles. The second-order valence-corrected chi connectivity index (χ2v) is 4.27. The molecule has 0 aliphatic carbocycles. The van der Waals surface area contributed by atoms with E-state index >= 15 is 0 Å². The molecule has 0 amide bonds. The van der Waals surface area contributed by atoms with Crippen molar-refractivity contribution in [3.05, 3.63) is 29.6 Å². The van der Waals surface area contributed by atoms with Crippen LogP contribution in [-0.4, -0.2) is 42.6 Å². The van der Waals surface area contributed by atoms with Crippen LogP contribution < -0.4 is 5.32 Å². The molecule has 18 heavy (non-hydrogen) atoms. The number of nitrogens with one attached hydrogen (secondary N) is 1. The van der Waals surface area contributed by atoms with Crippen LogP contribution >= 0.6 is 0 Å². The number of phenols is 1. The van der Waals surface area contributed by atoms with Gasteiger partial charge in [0.2, 0.25) is 0 Å². The van der Waals surface area contributed by atoms with Crippen molar-refractivity contribution in [3.8, 4) is 5.75 Å². The molecule has 2 rings (SSSR count). The van der Waals surface area contributed by atoms with Crippen molar-refractivity contribution in [2.24, 2.45) is 0 Å². The predicted molar refractivity (Wildman–Crippen MR) is 61.3 cm³/mol. The normalized spacial score (nSPS) is 19.1. The zero-order valence-electron chi connectivity index (χ0n) is 9.74. The van der Waals surface area contributed by atoms with Crippen molar-refractivity contribution in [3.63, 3.8) is 0 Å². The predicted octanol–water partition coefficient (Wildman–Crippen LogP) is 1.74. The summed E-state index contributed by atoms with van der Waals surface area (Å²) in [4.78, 5) is 1.57. The Balaban J connectivity index is 2.31. The van der Waals surface area contributed by atoms with Gasteiger partial charge in [0.15, 0.2) is 0 Å². The van der Waals surface area contributed by atoms with Gasteiger partial charge < -0.3 is 10.4 Å². The number of alkyl halides is 2. The standard InChI is InChI=1S/C12H15F3N2O/c13-8-1-2-10(18)9(7-8)11(12(14)15)17-5-3-16-4-6-17/h1-2,7,11-12,16,18H,3-6H2/t11-/m1/s1. The van der Waals surface area contributed by atoms with Crippen LogP contribution in [0.1, 0.15) is 11.6 Å². The molecule has 1 atom stereocenters. The summed E-state index contributed by atoms with van der Waals surface area (Å²) < 4.78 is 39.5. The second kappa shape index (κ2) is 5.58. The third-order valence-corrected chi connectivity index (χ3v) is 3.09. The fraction of sp³-hybridized carbons (Fsp3) is 0.500. The van der Waals surface area contributed by atoms with Gasteiger partial charge in [0, 0.05) is 31.7 Å². The molecule has 100 valence electrons. The average Bonchev–Trinajstić information content (AvgIpc) is 2.35. The van der Waals surface area contributed by atoms with Crippen LogP contribution in [0.25, 0.3) is 0 Å². The van der Waals surface area contributed by atoms with Crippen LogP contribution in [0.4, 0.5) is 13.2 Å². The summed E-state index contributed by atoms with van der Waals surface area (Å²) in [5, 5.41) is 12.7. The van der Waals surface area contributed by atoms with E-state index in [2.05, 4.69) is 5.32 Å². The van der Waals surface area contributed by atoms with Crippen molar-refractivity contribution in [2.75, 3.05) is 26.2 Å². The molecule has 0 bridgehead atoms. The molecule has 1 heterocycles. The van der Waals surface area contributed by atoms with E-state index < -0.39 is 18.3 Å². The molecular weight excluding hydrogens is 245 g/mol. The fourth-order valence-corrected chi connectivity index (χ4v) is 2.21. The van der Waals surface area contributed by atoms with Gasteiger partial charge in [0.1, 0.15) is 17.6 Å². The van der Waals surface area contributed by atoms with E-state index in [0.717, 1.165) is 18.2 Å². The quantitative estimate of drug-likeness (QED) is 0.869. The Hall–Kier alpha value is -1.27. The minimum absolute atomic E-state index is 0.0492. The first kappa shape index (κ1) is 13.2. The molecule has 1 aliphatic rings. The third-order valence-electron chi connectivity index (χ3n) is 3.09. The van der Waals surface area contributed by atoms with E-state index in [1.807, 2.05) is 0 Å². The van der Waals surface area contributed by atoms with Crippen LogP contribution in [0.2, 0.25) is 0 Å². The van der Waals surface area contributed by atoms with Crippen molar-refractivity contribution in [1.29, 1.82) is 0 Å². The largest absolute Gasteiger partial charge is 0.508 e. The topological polar surface area (TPSA) is 35.5 Å². The van der Waals surface area contributed by atoms with Crippen LogP contribution in [0.3, 0.4) is 0 Å². The van der Waals surface area contributed by atoms with Crippen LogP contribution in [0.5, 0.6) is 5.75 Å². The van der Waals surface area contributed by atoms with Crippen LogP contribution in [0, 0.1) is 5.82 Å². The first-order valence-corrected chi connectivity index (χ1v) is 5.81. The number of hydrogen-bond donors (Lipinski definition) is 2. The van der Waals surface area contributed by atoms with Crippen molar-refractivity contribution < 1.29 is 18.3 Å². The molecular formula is C12H15F3N2O. The van der Waals surface area contributed by atoms with E-state index in [9.17, 15) is 18.3 Å². The minimum Gasteiger partial charge on any atom is -0.508 e. The number of hydrogen-bond acceptors (Lipinski definition) is 3. The van der Waals surface area contributed by atoms with Crippen LogP contribution in [-0.2, 0) is 0 Å². The van der Waals surface area contributed by atoms with Gasteiger partial charge in [0.05, 0.1) is 0 Å². The minimum atomic E-state index is -2.67. The lowest BCUT2D eigenvalue weighted by atomic mass is 10.0. The summed E-state index contributed by atoms with van der Waals surface area (Å²) in [5.41, 5.74) is -0.0492. The molecule has 0 spiro atoms. The van der Waals surface area contributed by atoms with Gasteiger partial charge in [-0.2, -0.15) is 0 Å². The molecule has 0 saturated carbocycles. The summed E-state index contributed by atoms with van der Waals surface area (Å²) in [7, 11) is 0. The lowest BCUT2D eigenvalue weighted by Crippen LogP contribution is -2.46. The zero-order chi connectivity index (χ0) is 13.1. The second-order valence-electron chi connectivity index (χ2n) is 4.27. The Kier molecular flexibility index (Phi) is 4.08.